The third-order valence-corrected chi connectivity index (χ3v) is 3.39. The predicted molar refractivity (Wildman–Crippen MR) is 51.2 cm³/mol. The highest BCUT2D eigenvalue weighted by Gasteiger charge is 2.34. The van der Waals surface area contributed by atoms with Crippen molar-refractivity contribution in [3.8, 4) is 6.07 Å². The van der Waals surface area contributed by atoms with Crippen LogP contribution in [-0.4, -0.2) is 36.6 Å². The van der Waals surface area contributed by atoms with Gasteiger partial charge in [0.05, 0.1) is 12.6 Å². The van der Waals surface area contributed by atoms with Crippen molar-refractivity contribution in [3.63, 3.8) is 0 Å². The minimum Gasteiger partial charge on any atom is -0.311 e. The lowest BCUT2D eigenvalue weighted by molar-refractivity contribution is 0.189. The van der Waals surface area contributed by atoms with Gasteiger partial charge in [0.15, 0.2) is 0 Å². The molecule has 2 unspecified atom stereocenters. The summed E-state index contributed by atoms with van der Waals surface area (Å²) in [5.74, 6) is 0. The summed E-state index contributed by atoms with van der Waals surface area (Å²) >= 11 is 0. The van der Waals surface area contributed by atoms with Crippen LogP contribution in [0, 0.1) is 11.3 Å². The molecule has 3 nitrogen and oxygen atoms in total. The molecule has 2 bridgehead atoms. The van der Waals surface area contributed by atoms with Gasteiger partial charge in [-0.25, -0.2) is 0 Å². The van der Waals surface area contributed by atoms with Gasteiger partial charge in [-0.3, -0.25) is 4.90 Å². The summed E-state index contributed by atoms with van der Waals surface area (Å²) < 4.78 is 0. The molecule has 72 valence electrons. The largest absolute Gasteiger partial charge is 0.311 e. The molecule has 2 aliphatic rings. The standard InChI is InChI=1S/C10H17N3/c1-13(5-4-11)10-6-8-2-3-9(7-10)12-8/h8-10,12H,2-3,5-7H2,1H3. The Morgan fingerprint density at radius 1 is 1.38 bits per heavy atom. The summed E-state index contributed by atoms with van der Waals surface area (Å²) in [5, 5.41) is 12.2. The molecule has 0 aliphatic carbocycles. The topological polar surface area (TPSA) is 39.1 Å². The first kappa shape index (κ1) is 8.98. The average Bonchev–Trinajstić information content (AvgIpc) is 2.46. The van der Waals surface area contributed by atoms with Gasteiger partial charge in [-0.2, -0.15) is 5.26 Å². The van der Waals surface area contributed by atoms with Gasteiger partial charge in [-0.1, -0.05) is 0 Å². The first-order chi connectivity index (χ1) is 6.29. The monoisotopic (exact) mass is 179 g/mol. The molecule has 2 rings (SSSR count). The molecular weight excluding hydrogens is 162 g/mol. The van der Waals surface area contributed by atoms with Gasteiger partial charge in [0, 0.05) is 18.1 Å². The second-order valence-corrected chi connectivity index (χ2v) is 4.34. The normalized spacial score (nSPS) is 37.8. The van der Waals surface area contributed by atoms with Crippen molar-refractivity contribution in [2.75, 3.05) is 13.6 Å². The van der Waals surface area contributed by atoms with Crippen LogP contribution in [0.25, 0.3) is 0 Å². The highest BCUT2D eigenvalue weighted by atomic mass is 15.2. The SMILES string of the molecule is CN(CC#N)C1CC2CCC(C1)N2. The highest BCUT2D eigenvalue weighted by Crippen LogP contribution is 2.28. The molecule has 2 aliphatic heterocycles. The van der Waals surface area contributed by atoms with Crippen LogP contribution < -0.4 is 5.32 Å². The van der Waals surface area contributed by atoms with Crippen molar-refractivity contribution in [1.82, 2.24) is 10.2 Å². The molecule has 0 saturated carbocycles. The first-order valence-corrected chi connectivity index (χ1v) is 5.13. The fraction of sp³-hybridized carbons (Fsp3) is 0.900. The minimum atomic E-state index is 0.574. The van der Waals surface area contributed by atoms with E-state index in [1.54, 1.807) is 0 Å². The lowest BCUT2D eigenvalue weighted by atomic mass is 9.99. The summed E-state index contributed by atoms with van der Waals surface area (Å²) in [7, 11) is 2.07. The Kier molecular flexibility index (Phi) is 2.52. The van der Waals surface area contributed by atoms with Gasteiger partial charge in [0.2, 0.25) is 0 Å². The Morgan fingerprint density at radius 3 is 2.54 bits per heavy atom. The number of hydrogen-bond acceptors (Lipinski definition) is 3. The molecule has 3 heteroatoms. The van der Waals surface area contributed by atoms with E-state index in [0.29, 0.717) is 12.6 Å². The van der Waals surface area contributed by atoms with Crippen molar-refractivity contribution < 1.29 is 0 Å². The first-order valence-electron chi connectivity index (χ1n) is 5.13. The van der Waals surface area contributed by atoms with Crippen LogP contribution in [0.1, 0.15) is 25.7 Å². The number of nitriles is 1. The fourth-order valence-electron chi connectivity index (χ4n) is 2.63. The molecule has 0 amide bonds. The maximum atomic E-state index is 8.61. The zero-order valence-corrected chi connectivity index (χ0v) is 8.16. The Morgan fingerprint density at radius 2 is 2.00 bits per heavy atom. The predicted octanol–water partition coefficient (Wildman–Crippen LogP) is 0.725. The second-order valence-electron chi connectivity index (χ2n) is 4.34. The minimum absolute atomic E-state index is 0.574. The highest BCUT2D eigenvalue weighted by molar-refractivity contribution is 4.96. The van der Waals surface area contributed by atoms with Crippen LogP contribution in [0.5, 0.6) is 0 Å². The van der Waals surface area contributed by atoms with Crippen LogP contribution in [0.15, 0.2) is 0 Å². The smallest absolute Gasteiger partial charge is 0.0865 e. The van der Waals surface area contributed by atoms with E-state index in [0.717, 1.165) is 12.1 Å². The van der Waals surface area contributed by atoms with E-state index in [2.05, 4.69) is 23.3 Å². The molecule has 2 fully saturated rings. The van der Waals surface area contributed by atoms with E-state index in [9.17, 15) is 0 Å². The molecule has 13 heavy (non-hydrogen) atoms. The molecular formula is C10H17N3. The summed E-state index contributed by atoms with van der Waals surface area (Å²) in [6.45, 7) is 0.574. The van der Waals surface area contributed by atoms with E-state index in [1.165, 1.54) is 25.7 Å². The Labute approximate surface area is 79.7 Å². The van der Waals surface area contributed by atoms with Crippen molar-refractivity contribution in [1.29, 1.82) is 5.26 Å². The Bertz CT molecular complexity index is 209. The van der Waals surface area contributed by atoms with E-state index < -0.39 is 0 Å². The van der Waals surface area contributed by atoms with E-state index in [-0.39, 0.29) is 0 Å². The Hall–Kier alpha value is -0.590. The second kappa shape index (κ2) is 3.65. The summed E-state index contributed by atoms with van der Waals surface area (Å²) in [4.78, 5) is 2.20. The van der Waals surface area contributed by atoms with Crippen LogP contribution >= 0.6 is 0 Å². The Balaban J connectivity index is 1.91. The number of piperidine rings is 1. The van der Waals surface area contributed by atoms with Crippen molar-refractivity contribution in [2.45, 2.75) is 43.8 Å². The van der Waals surface area contributed by atoms with Gasteiger partial charge in [0.1, 0.15) is 0 Å². The zero-order valence-electron chi connectivity index (χ0n) is 8.16. The van der Waals surface area contributed by atoms with Crippen molar-refractivity contribution in [2.24, 2.45) is 0 Å². The van der Waals surface area contributed by atoms with Crippen molar-refractivity contribution >= 4 is 0 Å². The quantitative estimate of drug-likeness (QED) is 0.635. The van der Waals surface area contributed by atoms with Gasteiger partial charge in [0.25, 0.3) is 0 Å². The molecule has 0 aromatic rings. The van der Waals surface area contributed by atoms with Gasteiger partial charge < -0.3 is 5.32 Å². The summed E-state index contributed by atoms with van der Waals surface area (Å²) in [6.07, 6.45) is 5.13. The summed E-state index contributed by atoms with van der Waals surface area (Å²) in [5.41, 5.74) is 0. The van der Waals surface area contributed by atoms with Crippen molar-refractivity contribution in [3.05, 3.63) is 0 Å². The molecule has 0 aromatic carbocycles. The number of hydrogen-bond donors (Lipinski definition) is 1. The van der Waals surface area contributed by atoms with Crippen LogP contribution in [0.2, 0.25) is 0 Å². The molecule has 0 radical (unpaired) electrons. The lowest BCUT2D eigenvalue weighted by Gasteiger charge is -2.34. The summed E-state index contributed by atoms with van der Waals surface area (Å²) in [6, 6.07) is 4.31. The zero-order chi connectivity index (χ0) is 9.26. The van der Waals surface area contributed by atoms with Gasteiger partial charge in [-0.15, -0.1) is 0 Å². The third-order valence-electron chi connectivity index (χ3n) is 3.39. The number of nitrogens with one attached hydrogen (secondary N) is 1. The van der Waals surface area contributed by atoms with E-state index >= 15 is 0 Å². The number of nitrogens with zero attached hydrogens (tertiary/aromatic N) is 2. The molecule has 1 N–H and O–H groups in total. The molecule has 2 heterocycles. The van der Waals surface area contributed by atoms with Crippen LogP contribution in [-0.2, 0) is 0 Å². The van der Waals surface area contributed by atoms with Gasteiger partial charge >= 0.3 is 0 Å². The molecule has 0 aromatic heterocycles. The third kappa shape index (κ3) is 1.84. The van der Waals surface area contributed by atoms with Gasteiger partial charge in [-0.05, 0) is 32.7 Å². The maximum absolute atomic E-state index is 8.61. The van der Waals surface area contributed by atoms with E-state index in [1.807, 2.05) is 0 Å². The van der Waals surface area contributed by atoms with Crippen LogP contribution in [0.3, 0.4) is 0 Å². The van der Waals surface area contributed by atoms with E-state index in [4.69, 9.17) is 5.26 Å². The number of rotatable bonds is 2. The molecule has 2 atom stereocenters. The maximum Gasteiger partial charge on any atom is 0.0865 e. The number of fused-ring (bicyclic) bond motifs is 2. The average molecular weight is 179 g/mol. The molecule has 0 spiro atoms. The van der Waals surface area contributed by atoms with Crippen LogP contribution in [0.4, 0.5) is 0 Å². The lowest BCUT2D eigenvalue weighted by Crippen LogP contribution is -2.47. The fourth-order valence-corrected chi connectivity index (χ4v) is 2.63. The molecule has 2 saturated heterocycles.